The smallest absolute Gasteiger partial charge is 0.198 e. The van der Waals surface area contributed by atoms with E-state index in [-0.39, 0.29) is 11.3 Å². The largest absolute Gasteiger partial charge is 0.316 e. The number of rotatable bonds is 4. The second kappa shape index (κ2) is 5.99. The lowest BCUT2D eigenvalue weighted by atomic mass is 10.1. The van der Waals surface area contributed by atoms with E-state index in [2.05, 4.69) is 42.5 Å². The lowest BCUT2D eigenvalue weighted by Gasteiger charge is -2.24. The minimum atomic E-state index is -0.187. The van der Waals surface area contributed by atoms with Crippen LogP contribution in [-0.2, 0) is 12.0 Å². The van der Waals surface area contributed by atoms with Gasteiger partial charge in [0.2, 0.25) is 0 Å². The predicted octanol–water partition coefficient (Wildman–Crippen LogP) is 4.61. The van der Waals surface area contributed by atoms with Gasteiger partial charge < -0.3 is 4.57 Å². The molecule has 0 fully saturated rings. The maximum absolute atomic E-state index is 12.8. The first-order valence-corrected chi connectivity index (χ1v) is 8.02. The van der Waals surface area contributed by atoms with Gasteiger partial charge in [-0.25, -0.2) is 4.98 Å². The molecule has 0 spiro atoms. The summed E-state index contributed by atoms with van der Waals surface area (Å²) >= 11 is 0. The fourth-order valence-electron chi connectivity index (χ4n) is 2.91. The molecule has 0 aliphatic heterocycles. The number of para-hydroxylation sites is 2. The molecule has 0 saturated carbocycles. The molecule has 0 N–H and O–H groups in total. The molecule has 0 atom stereocenters. The number of nitrogens with zero attached hydrogens (tertiary/aromatic N) is 2. The van der Waals surface area contributed by atoms with E-state index in [1.807, 2.05) is 42.5 Å². The lowest BCUT2D eigenvalue weighted by Crippen LogP contribution is -2.26. The second-order valence-electron chi connectivity index (χ2n) is 6.84. The summed E-state index contributed by atoms with van der Waals surface area (Å²) in [6, 6.07) is 18.1. The van der Waals surface area contributed by atoms with Crippen LogP contribution in [0.5, 0.6) is 0 Å². The Hall–Kier alpha value is -2.42. The zero-order valence-electron chi connectivity index (χ0n) is 13.9. The summed E-state index contributed by atoms with van der Waals surface area (Å²) in [7, 11) is 0. The zero-order chi connectivity index (χ0) is 16.4. The van der Waals surface area contributed by atoms with Crippen LogP contribution in [0.4, 0.5) is 0 Å². The number of carbonyl (C=O) groups is 1. The summed E-state index contributed by atoms with van der Waals surface area (Å²) in [5.74, 6) is 0.662. The molecule has 3 nitrogen and oxygen atoms in total. The van der Waals surface area contributed by atoms with Crippen molar-refractivity contribution in [3.8, 4) is 0 Å². The fourth-order valence-corrected chi connectivity index (χ4v) is 2.91. The number of benzene rings is 2. The Labute approximate surface area is 137 Å². The van der Waals surface area contributed by atoms with Crippen molar-refractivity contribution in [3.63, 3.8) is 0 Å². The van der Waals surface area contributed by atoms with E-state index in [1.54, 1.807) is 0 Å². The third-order valence-corrected chi connectivity index (χ3v) is 3.96. The Bertz CT molecular complexity index is 826. The number of hydrogen-bond donors (Lipinski definition) is 0. The van der Waals surface area contributed by atoms with Crippen LogP contribution in [-0.4, -0.2) is 15.3 Å². The Kier molecular flexibility index (Phi) is 4.03. The van der Waals surface area contributed by atoms with Gasteiger partial charge in [-0.1, -0.05) is 42.5 Å². The SMILES string of the molecule is CC(C)(C)n1c(C(=O)CCc2ccccc2)nc2ccccc21. The quantitative estimate of drug-likeness (QED) is 0.660. The van der Waals surface area contributed by atoms with Crippen LogP contribution < -0.4 is 0 Å². The van der Waals surface area contributed by atoms with Crippen molar-refractivity contribution in [2.24, 2.45) is 0 Å². The Morgan fingerprint density at radius 3 is 2.35 bits per heavy atom. The number of carbonyl (C=O) groups excluding carboxylic acids is 1. The van der Waals surface area contributed by atoms with Crippen LogP contribution >= 0.6 is 0 Å². The van der Waals surface area contributed by atoms with Gasteiger partial charge in [0.25, 0.3) is 0 Å². The molecule has 0 saturated heterocycles. The molecule has 118 valence electrons. The number of fused-ring (bicyclic) bond motifs is 1. The molecule has 0 bridgehead atoms. The van der Waals surface area contributed by atoms with Gasteiger partial charge in [-0.2, -0.15) is 0 Å². The molecule has 1 aromatic heterocycles. The van der Waals surface area contributed by atoms with E-state index in [9.17, 15) is 4.79 Å². The highest BCUT2D eigenvalue weighted by Crippen LogP contribution is 2.26. The lowest BCUT2D eigenvalue weighted by molar-refractivity contribution is 0.0963. The number of aryl methyl sites for hydroxylation is 1. The first-order chi connectivity index (χ1) is 11.0. The molecule has 3 heteroatoms. The van der Waals surface area contributed by atoms with E-state index in [0.717, 1.165) is 17.5 Å². The van der Waals surface area contributed by atoms with Crippen molar-refractivity contribution < 1.29 is 4.79 Å². The molecule has 0 unspecified atom stereocenters. The molecule has 23 heavy (non-hydrogen) atoms. The van der Waals surface area contributed by atoms with Gasteiger partial charge in [0.1, 0.15) is 0 Å². The van der Waals surface area contributed by atoms with Gasteiger partial charge in [0, 0.05) is 12.0 Å². The molecular weight excluding hydrogens is 284 g/mol. The van der Waals surface area contributed by atoms with Gasteiger partial charge in [-0.3, -0.25) is 4.79 Å². The molecular formula is C20H22N2O. The first kappa shape index (κ1) is 15.5. The van der Waals surface area contributed by atoms with E-state index < -0.39 is 0 Å². The van der Waals surface area contributed by atoms with E-state index in [1.165, 1.54) is 5.56 Å². The summed E-state index contributed by atoms with van der Waals surface area (Å²) in [5.41, 5.74) is 2.89. The average Bonchev–Trinajstić information content (AvgIpc) is 2.93. The van der Waals surface area contributed by atoms with Crippen molar-refractivity contribution in [1.29, 1.82) is 0 Å². The summed E-state index contributed by atoms with van der Waals surface area (Å²) in [4.78, 5) is 17.4. The first-order valence-electron chi connectivity index (χ1n) is 8.02. The molecule has 0 amide bonds. The molecule has 0 aliphatic carbocycles. The predicted molar refractivity (Wildman–Crippen MR) is 93.8 cm³/mol. The van der Waals surface area contributed by atoms with Crippen molar-refractivity contribution in [1.82, 2.24) is 9.55 Å². The van der Waals surface area contributed by atoms with Crippen molar-refractivity contribution >= 4 is 16.8 Å². The van der Waals surface area contributed by atoms with Crippen molar-refractivity contribution in [3.05, 3.63) is 66.0 Å². The van der Waals surface area contributed by atoms with Crippen LogP contribution in [0.3, 0.4) is 0 Å². The highest BCUT2D eigenvalue weighted by Gasteiger charge is 2.24. The molecule has 2 aromatic carbocycles. The fraction of sp³-hybridized carbons (Fsp3) is 0.300. The van der Waals surface area contributed by atoms with Gasteiger partial charge >= 0.3 is 0 Å². The highest BCUT2D eigenvalue weighted by atomic mass is 16.1. The molecule has 3 aromatic rings. The number of ketones is 1. The van der Waals surface area contributed by atoms with Crippen LogP contribution in [0.2, 0.25) is 0 Å². The van der Waals surface area contributed by atoms with Crippen molar-refractivity contribution in [2.45, 2.75) is 39.2 Å². The van der Waals surface area contributed by atoms with Crippen LogP contribution in [0.25, 0.3) is 11.0 Å². The van der Waals surface area contributed by atoms with Crippen molar-refractivity contribution in [2.75, 3.05) is 0 Å². The average molecular weight is 306 g/mol. The van der Waals surface area contributed by atoms with E-state index in [0.29, 0.717) is 12.2 Å². The highest BCUT2D eigenvalue weighted by molar-refractivity contribution is 5.96. The monoisotopic (exact) mass is 306 g/mol. The zero-order valence-corrected chi connectivity index (χ0v) is 13.9. The number of imidazole rings is 1. The van der Waals surface area contributed by atoms with Crippen LogP contribution in [0.1, 0.15) is 43.4 Å². The third-order valence-electron chi connectivity index (χ3n) is 3.96. The van der Waals surface area contributed by atoms with Gasteiger partial charge in [-0.15, -0.1) is 0 Å². The maximum atomic E-state index is 12.8. The van der Waals surface area contributed by atoms with Crippen LogP contribution in [0, 0.1) is 0 Å². The molecule has 0 radical (unpaired) electrons. The van der Waals surface area contributed by atoms with Gasteiger partial charge in [0.05, 0.1) is 11.0 Å². The van der Waals surface area contributed by atoms with E-state index in [4.69, 9.17) is 0 Å². The van der Waals surface area contributed by atoms with E-state index >= 15 is 0 Å². The summed E-state index contributed by atoms with van der Waals surface area (Å²) < 4.78 is 2.07. The Morgan fingerprint density at radius 2 is 1.65 bits per heavy atom. The van der Waals surface area contributed by atoms with Gasteiger partial charge in [-0.05, 0) is 44.9 Å². The molecule has 3 rings (SSSR count). The Balaban J connectivity index is 1.94. The number of Topliss-reactive ketones (excluding diaryl/α,β-unsaturated/α-hetero) is 1. The minimum Gasteiger partial charge on any atom is -0.316 e. The Morgan fingerprint density at radius 1 is 1.00 bits per heavy atom. The summed E-state index contributed by atoms with van der Waals surface area (Å²) in [6.07, 6.45) is 1.22. The molecule has 0 aliphatic rings. The van der Waals surface area contributed by atoms with Gasteiger partial charge in [0.15, 0.2) is 11.6 Å². The summed E-state index contributed by atoms with van der Waals surface area (Å²) in [5, 5.41) is 0. The topological polar surface area (TPSA) is 34.9 Å². The minimum absolute atomic E-state index is 0.0972. The summed E-state index contributed by atoms with van der Waals surface area (Å²) in [6.45, 7) is 6.32. The van der Waals surface area contributed by atoms with Crippen LogP contribution in [0.15, 0.2) is 54.6 Å². The maximum Gasteiger partial charge on any atom is 0.198 e. The molecule has 1 heterocycles. The number of hydrogen-bond acceptors (Lipinski definition) is 2. The third kappa shape index (κ3) is 3.19. The standard InChI is InChI=1S/C20H22N2O/c1-20(2,3)22-17-12-8-7-11-16(17)21-19(22)18(23)14-13-15-9-5-4-6-10-15/h4-12H,13-14H2,1-3H3. The number of aromatic nitrogens is 2. The second-order valence-corrected chi connectivity index (χ2v) is 6.84. The normalized spacial score (nSPS) is 11.8.